The third-order valence-electron chi connectivity index (χ3n) is 2.73. The van der Waals surface area contributed by atoms with E-state index in [-0.39, 0.29) is 23.8 Å². The molecule has 0 saturated carbocycles. The Morgan fingerprint density at radius 1 is 1.37 bits per heavy atom. The number of hydrogen-bond acceptors (Lipinski definition) is 3. The van der Waals surface area contributed by atoms with Gasteiger partial charge in [-0.25, -0.2) is 17.5 Å². The zero-order chi connectivity index (χ0) is 14.5. The molecule has 0 amide bonds. The Morgan fingerprint density at radius 2 is 1.95 bits per heavy atom. The van der Waals surface area contributed by atoms with Crippen LogP contribution in [0, 0.1) is 11.7 Å². The third kappa shape index (κ3) is 4.96. The van der Waals surface area contributed by atoms with Gasteiger partial charge in [0.05, 0.1) is 4.90 Å². The number of benzene rings is 1. The Labute approximate surface area is 111 Å². The fourth-order valence-electron chi connectivity index (χ4n) is 1.53. The zero-order valence-corrected chi connectivity index (χ0v) is 11.3. The van der Waals surface area contributed by atoms with Crippen molar-refractivity contribution in [2.24, 2.45) is 5.92 Å². The molecule has 0 saturated heterocycles. The molecule has 1 atom stereocenters. The molecule has 0 bridgehead atoms. The van der Waals surface area contributed by atoms with E-state index in [9.17, 15) is 17.6 Å². The average Bonchev–Trinajstić information content (AvgIpc) is 2.34. The summed E-state index contributed by atoms with van der Waals surface area (Å²) < 4.78 is 38.8. The van der Waals surface area contributed by atoms with Crippen LogP contribution in [0.25, 0.3) is 0 Å². The molecular formula is C12H16FNO4S. The summed E-state index contributed by atoms with van der Waals surface area (Å²) in [5.41, 5.74) is 0. The van der Waals surface area contributed by atoms with Gasteiger partial charge in [-0.3, -0.25) is 4.79 Å². The van der Waals surface area contributed by atoms with Gasteiger partial charge in [0.25, 0.3) is 0 Å². The quantitative estimate of drug-likeness (QED) is 0.798. The summed E-state index contributed by atoms with van der Waals surface area (Å²) in [7, 11) is -3.73. The minimum Gasteiger partial charge on any atom is -0.481 e. The first-order valence-corrected chi connectivity index (χ1v) is 7.30. The maximum absolute atomic E-state index is 12.7. The molecule has 0 fully saturated rings. The van der Waals surface area contributed by atoms with Gasteiger partial charge in [0.2, 0.25) is 10.0 Å². The second-order valence-corrected chi connectivity index (χ2v) is 5.94. The van der Waals surface area contributed by atoms with E-state index >= 15 is 0 Å². The molecule has 1 rings (SSSR count). The highest BCUT2D eigenvalue weighted by atomic mass is 32.2. The van der Waals surface area contributed by atoms with Crippen LogP contribution < -0.4 is 4.72 Å². The first-order valence-electron chi connectivity index (χ1n) is 5.82. The van der Waals surface area contributed by atoms with Gasteiger partial charge >= 0.3 is 5.97 Å². The number of sulfonamides is 1. The van der Waals surface area contributed by atoms with Crippen LogP contribution in [-0.2, 0) is 14.8 Å². The zero-order valence-electron chi connectivity index (χ0n) is 10.5. The number of hydrogen-bond donors (Lipinski definition) is 2. The maximum Gasteiger partial charge on any atom is 0.303 e. The molecule has 5 nitrogen and oxygen atoms in total. The van der Waals surface area contributed by atoms with E-state index in [1.54, 1.807) is 6.92 Å². The van der Waals surface area contributed by atoms with Crippen molar-refractivity contribution in [2.45, 2.75) is 24.7 Å². The van der Waals surface area contributed by atoms with Crippen LogP contribution in [-0.4, -0.2) is 26.0 Å². The van der Waals surface area contributed by atoms with Crippen molar-refractivity contribution in [3.8, 4) is 0 Å². The standard InChI is InChI=1S/C12H16FNO4S/c1-2-9(7-12(15)16)8-14-19(17,18)11-5-3-10(13)4-6-11/h3-6,9,14H,2,7-8H2,1H3,(H,15,16). The lowest BCUT2D eigenvalue weighted by molar-refractivity contribution is -0.138. The summed E-state index contributed by atoms with van der Waals surface area (Å²) in [6, 6.07) is 4.44. The van der Waals surface area contributed by atoms with Crippen LogP contribution in [0.1, 0.15) is 19.8 Å². The highest BCUT2D eigenvalue weighted by molar-refractivity contribution is 7.89. The number of halogens is 1. The van der Waals surface area contributed by atoms with Gasteiger partial charge in [-0.05, 0) is 30.2 Å². The van der Waals surface area contributed by atoms with Crippen molar-refractivity contribution in [3.05, 3.63) is 30.1 Å². The predicted molar refractivity (Wildman–Crippen MR) is 67.6 cm³/mol. The van der Waals surface area contributed by atoms with Gasteiger partial charge in [0, 0.05) is 13.0 Å². The lowest BCUT2D eigenvalue weighted by atomic mass is 10.0. The summed E-state index contributed by atoms with van der Waals surface area (Å²) >= 11 is 0. The molecule has 0 heterocycles. The Kier molecular flexibility index (Phi) is 5.44. The molecule has 0 aliphatic rings. The van der Waals surface area contributed by atoms with E-state index < -0.39 is 21.8 Å². The highest BCUT2D eigenvalue weighted by Crippen LogP contribution is 2.12. The number of aliphatic carboxylic acids is 1. The van der Waals surface area contributed by atoms with Gasteiger partial charge in [-0.2, -0.15) is 0 Å². The average molecular weight is 289 g/mol. The molecule has 0 aliphatic heterocycles. The van der Waals surface area contributed by atoms with Gasteiger partial charge in [-0.1, -0.05) is 13.3 Å². The van der Waals surface area contributed by atoms with Gasteiger partial charge in [0.1, 0.15) is 5.82 Å². The Morgan fingerprint density at radius 3 is 2.42 bits per heavy atom. The predicted octanol–water partition coefficient (Wildman–Crippen LogP) is 1.60. The number of nitrogens with one attached hydrogen (secondary N) is 1. The molecule has 106 valence electrons. The maximum atomic E-state index is 12.7. The third-order valence-corrected chi connectivity index (χ3v) is 4.17. The fraction of sp³-hybridized carbons (Fsp3) is 0.417. The molecular weight excluding hydrogens is 273 g/mol. The van der Waals surface area contributed by atoms with E-state index in [0.717, 1.165) is 24.3 Å². The minimum atomic E-state index is -3.73. The number of carbonyl (C=O) groups is 1. The van der Waals surface area contributed by atoms with Crippen molar-refractivity contribution >= 4 is 16.0 Å². The van der Waals surface area contributed by atoms with Crippen molar-refractivity contribution in [1.29, 1.82) is 0 Å². The number of carboxylic acid groups (broad SMARTS) is 1. The van der Waals surface area contributed by atoms with Crippen LogP contribution in [0.15, 0.2) is 29.2 Å². The Bertz CT molecular complexity index is 527. The SMILES string of the molecule is CCC(CNS(=O)(=O)c1ccc(F)cc1)CC(=O)O. The number of rotatable bonds is 7. The summed E-state index contributed by atoms with van der Waals surface area (Å²) in [5, 5.41) is 8.67. The molecule has 19 heavy (non-hydrogen) atoms. The first-order chi connectivity index (χ1) is 8.85. The Balaban J connectivity index is 2.69. The topological polar surface area (TPSA) is 83.5 Å². The minimum absolute atomic E-state index is 0.0425. The molecule has 7 heteroatoms. The summed E-state index contributed by atoms with van der Waals surface area (Å²) in [6.07, 6.45) is 0.459. The van der Waals surface area contributed by atoms with E-state index in [1.165, 1.54) is 0 Å². The van der Waals surface area contributed by atoms with Crippen molar-refractivity contribution < 1.29 is 22.7 Å². The van der Waals surface area contributed by atoms with Crippen LogP contribution in [0.2, 0.25) is 0 Å². The molecule has 1 aromatic carbocycles. The second-order valence-electron chi connectivity index (χ2n) is 4.18. The van der Waals surface area contributed by atoms with Crippen molar-refractivity contribution in [1.82, 2.24) is 4.72 Å². The van der Waals surface area contributed by atoms with Gasteiger partial charge < -0.3 is 5.11 Å². The fourth-order valence-corrected chi connectivity index (χ4v) is 2.65. The lowest BCUT2D eigenvalue weighted by Gasteiger charge is -2.13. The van der Waals surface area contributed by atoms with Crippen molar-refractivity contribution in [3.63, 3.8) is 0 Å². The van der Waals surface area contributed by atoms with E-state index in [2.05, 4.69) is 4.72 Å². The monoisotopic (exact) mass is 289 g/mol. The van der Waals surface area contributed by atoms with Gasteiger partial charge in [0.15, 0.2) is 0 Å². The van der Waals surface area contributed by atoms with Crippen LogP contribution >= 0.6 is 0 Å². The second kappa shape index (κ2) is 6.63. The van der Waals surface area contributed by atoms with Crippen molar-refractivity contribution in [2.75, 3.05) is 6.54 Å². The molecule has 0 aromatic heterocycles. The van der Waals surface area contributed by atoms with Gasteiger partial charge in [-0.15, -0.1) is 0 Å². The summed E-state index contributed by atoms with van der Waals surface area (Å²) in [4.78, 5) is 10.5. The summed E-state index contributed by atoms with van der Waals surface area (Å²) in [5.74, 6) is -1.75. The molecule has 1 unspecified atom stereocenters. The smallest absolute Gasteiger partial charge is 0.303 e. The van der Waals surface area contributed by atoms with E-state index in [1.807, 2.05) is 0 Å². The highest BCUT2D eigenvalue weighted by Gasteiger charge is 2.17. The normalized spacial score (nSPS) is 13.2. The van der Waals surface area contributed by atoms with Crippen LogP contribution in [0.3, 0.4) is 0 Å². The number of carboxylic acids is 1. The lowest BCUT2D eigenvalue weighted by Crippen LogP contribution is -2.30. The van der Waals surface area contributed by atoms with Crippen LogP contribution in [0.5, 0.6) is 0 Å². The first kappa shape index (κ1) is 15.6. The molecule has 0 spiro atoms. The molecule has 1 aromatic rings. The Hall–Kier alpha value is -1.47. The molecule has 0 radical (unpaired) electrons. The molecule has 0 aliphatic carbocycles. The summed E-state index contributed by atoms with van der Waals surface area (Å²) in [6.45, 7) is 1.84. The van der Waals surface area contributed by atoms with Crippen LogP contribution in [0.4, 0.5) is 4.39 Å². The molecule has 2 N–H and O–H groups in total. The van der Waals surface area contributed by atoms with E-state index in [0.29, 0.717) is 6.42 Å². The van der Waals surface area contributed by atoms with E-state index in [4.69, 9.17) is 5.11 Å². The largest absolute Gasteiger partial charge is 0.481 e.